The minimum atomic E-state index is 0.0417. The minimum Gasteiger partial charge on any atom is -0.320 e. The summed E-state index contributed by atoms with van der Waals surface area (Å²) in [6.07, 6.45) is 3.70. The van der Waals surface area contributed by atoms with Gasteiger partial charge in [-0.2, -0.15) is 0 Å². The van der Waals surface area contributed by atoms with E-state index in [1.165, 1.54) is 0 Å². The van der Waals surface area contributed by atoms with Crippen molar-refractivity contribution in [2.24, 2.45) is 16.1 Å². The Bertz CT molecular complexity index is 184. The predicted octanol–water partition coefficient (Wildman–Crippen LogP) is 1.33. The molecule has 0 saturated carbocycles. The third kappa shape index (κ3) is 1.27. The first-order chi connectivity index (χ1) is 4.52. The van der Waals surface area contributed by atoms with Crippen LogP contribution in [0.1, 0.15) is 20.8 Å². The lowest BCUT2D eigenvalue weighted by atomic mass is 9.86. The summed E-state index contributed by atoms with van der Waals surface area (Å²) < 4.78 is 0. The quantitative estimate of drug-likeness (QED) is 0.538. The molecule has 1 unspecified atom stereocenters. The maximum atomic E-state index is 5.75. The van der Waals surface area contributed by atoms with Crippen molar-refractivity contribution in [2.75, 3.05) is 0 Å². The minimum absolute atomic E-state index is 0.0417. The molecule has 0 saturated heterocycles. The summed E-state index contributed by atoms with van der Waals surface area (Å²) in [5, 5.41) is 0. The highest BCUT2D eigenvalue weighted by Crippen LogP contribution is 2.21. The fraction of sp³-hybridized carbons (Fsp3) is 0.625. The Morgan fingerprint density at radius 3 is 2.30 bits per heavy atom. The zero-order valence-corrected chi connectivity index (χ0v) is 6.76. The van der Waals surface area contributed by atoms with E-state index < -0.39 is 0 Å². The Hall–Kier alpha value is -0.630. The van der Waals surface area contributed by atoms with Crippen LogP contribution in [0.25, 0.3) is 0 Å². The van der Waals surface area contributed by atoms with Gasteiger partial charge in [0.25, 0.3) is 0 Å². The molecule has 0 aromatic heterocycles. The number of hydrogen-bond acceptors (Lipinski definition) is 2. The van der Waals surface area contributed by atoms with E-state index in [1.54, 1.807) is 6.20 Å². The number of rotatable bonds is 0. The lowest BCUT2D eigenvalue weighted by molar-refractivity contribution is 0.577. The summed E-state index contributed by atoms with van der Waals surface area (Å²) in [6.45, 7) is 6.37. The lowest BCUT2D eigenvalue weighted by Crippen LogP contribution is -2.35. The van der Waals surface area contributed by atoms with E-state index in [0.29, 0.717) is 0 Å². The maximum absolute atomic E-state index is 5.75. The van der Waals surface area contributed by atoms with Crippen LogP contribution in [0.4, 0.5) is 0 Å². The topological polar surface area (TPSA) is 38.4 Å². The van der Waals surface area contributed by atoms with Crippen LogP contribution in [0.15, 0.2) is 17.3 Å². The molecule has 1 heterocycles. The van der Waals surface area contributed by atoms with Crippen molar-refractivity contribution in [3.05, 3.63) is 12.3 Å². The van der Waals surface area contributed by atoms with Crippen LogP contribution in [0, 0.1) is 5.41 Å². The molecule has 56 valence electrons. The van der Waals surface area contributed by atoms with Gasteiger partial charge in [0.05, 0.1) is 6.04 Å². The van der Waals surface area contributed by atoms with Crippen molar-refractivity contribution in [1.82, 2.24) is 0 Å². The molecule has 1 aliphatic rings. The number of nitrogens with two attached hydrogens (primary N) is 1. The molecule has 2 N–H and O–H groups in total. The maximum Gasteiger partial charge on any atom is 0.0639 e. The monoisotopic (exact) mass is 138 g/mol. The highest BCUT2D eigenvalue weighted by atomic mass is 14.8. The van der Waals surface area contributed by atoms with Gasteiger partial charge < -0.3 is 5.73 Å². The molecule has 0 spiro atoms. The molecular weight excluding hydrogens is 124 g/mol. The van der Waals surface area contributed by atoms with Gasteiger partial charge in [-0.3, -0.25) is 4.99 Å². The number of hydrogen-bond donors (Lipinski definition) is 1. The zero-order chi connectivity index (χ0) is 7.78. The Morgan fingerprint density at radius 2 is 2.10 bits per heavy atom. The van der Waals surface area contributed by atoms with Crippen LogP contribution < -0.4 is 5.73 Å². The van der Waals surface area contributed by atoms with E-state index in [0.717, 1.165) is 5.71 Å². The van der Waals surface area contributed by atoms with Crippen molar-refractivity contribution in [3.63, 3.8) is 0 Å². The molecule has 0 aromatic rings. The average Bonchev–Trinajstić information content (AvgIpc) is 2.11. The van der Waals surface area contributed by atoms with Crippen molar-refractivity contribution >= 4 is 5.71 Å². The molecular formula is C8H14N2. The molecule has 0 amide bonds. The fourth-order valence-corrected chi connectivity index (χ4v) is 1.09. The van der Waals surface area contributed by atoms with Gasteiger partial charge in [0.2, 0.25) is 0 Å². The van der Waals surface area contributed by atoms with Gasteiger partial charge in [0.1, 0.15) is 0 Å². The molecule has 0 aromatic carbocycles. The molecule has 1 aliphatic heterocycles. The first-order valence-electron chi connectivity index (χ1n) is 3.52. The molecule has 0 bridgehead atoms. The Balaban J connectivity index is 2.78. The molecule has 1 atom stereocenters. The third-order valence-electron chi connectivity index (χ3n) is 1.59. The summed E-state index contributed by atoms with van der Waals surface area (Å²) in [7, 11) is 0. The lowest BCUT2D eigenvalue weighted by Gasteiger charge is -2.21. The van der Waals surface area contributed by atoms with E-state index in [2.05, 4.69) is 25.8 Å². The molecule has 2 nitrogen and oxygen atoms in total. The molecule has 2 heteroatoms. The average molecular weight is 138 g/mol. The van der Waals surface area contributed by atoms with Crippen molar-refractivity contribution < 1.29 is 0 Å². The Kier molecular flexibility index (Phi) is 1.65. The fourth-order valence-electron chi connectivity index (χ4n) is 1.09. The largest absolute Gasteiger partial charge is 0.320 e. The van der Waals surface area contributed by atoms with E-state index in [1.807, 2.05) is 6.08 Å². The molecule has 10 heavy (non-hydrogen) atoms. The summed E-state index contributed by atoms with van der Waals surface area (Å²) in [4.78, 5) is 4.20. The second-order valence-electron chi connectivity index (χ2n) is 3.63. The molecule has 0 fully saturated rings. The van der Waals surface area contributed by atoms with Gasteiger partial charge in [-0.05, 0) is 6.08 Å². The normalized spacial score (nSPS) is 25.2. The van der Waals surface area contributed by atoms with Gasteiger partial charge in [-0.1, -0.05) is 20.8 Å². The van der Waals surface area contributed by atoms with Crippen LogP contribution >= 0.6 is 0 Å². The second-order valence-corrected chi connectivity index (χ2v) is 3.63. The highest BCUT2D eigenvalue weighted by Gasteiger charge is 2.24. The third-order valence-corrected chi connectivity index (χ3v) is 1.59. The number of aliphatic imine (C=N–C) groups is 1. The van der Waals surface area contributed by atoms with E-state index >= 15 is 0 Å². The Labute approximate surface area is 61.8 Å². The molecule has 0 aliphatic carbocycles. The standard InChI is InChI=1S/C8H14N2/c1-8(2,3)7-6(9)4-5-10-7/h4-6H,9H2,1-3H3. The van der Waals surface area contributed by atoms with Crippen LogP contribution in [0.2, 0.25) is 0 Å². The van der Waals surface area contributed by atoms with Gasteiger partial charge in [-0.15, -0.1) is 0 Å². The van der Waals surface area contributed by atoms with Gasteiger partial charge in [0, 0.05) is 17.3 Å². The summed E-state index contributed by atoms with van der Waals surface area (Å²) in [5.41, 5.74) is 6.94. The SMILES string of the molecule is CC(C)(C)C1=NC=CC1N. The van der Waals surface area contributed by atoms with Gasteiger partial charge >= 0.3 is 0 Å². The predicted molar refractivity (Wildman–Crippen MR) is 44.0 cm³/mol. The first kappa shape index (κ1) is 7.48. The number of nitrogens with zero attached hydrogens (tertiary/aromatic N) is 1. The van der Waals surface area contributed by atoms with Crippen LogP contribution in [0.3, 0.4) is 0 Å². The van der Waals surface area contributed by atoms with Crippen LogP contribution in [-0.2, 0) is 0 Å². The zero-order valence-electron chi connectivity index (χ0n) is 6.76. The molecule has 1 rings (SSSR count). The highest BCUT2D eigenvalue weighted by molar-refractivity contribution is 5.97. The first-order valence-corrected chi connectivity index (χ1v) is 3.52. The van der Waals surface area contributed by atoms with Crippen molar-refractivity contribution in [3.8, 4) is 0 Å². The summed E-state index contributed by atoms with van der Waals surface area (Å²) >= 11 is 0. The second kappa shape index (κ2) is 2.20. The molecule has 0 radical (unpaired) electrons. The van der Waals surface area contributed by atoms with Gasteiger partial charge in [-0.25, -0.2) is 0 Å². The van der Waals surface area contributed by atoms with Gasteiger partial charge in [0.15, 0.2) is 0 Å². The van der Waals surface area contributed by atoms with E-state index in [9.17, 15) is 0 Å². The van der Waals surface area contributed by atoms with Crippen molar-refractivity contribution in [2.45, 2.75) is 26.8 Å². The van der Waals surface area contributed by atoms with E-state index in [-0.39, 0.29) is 11.5 Å². The Morgan fingerprint density at radius 1 is 1.50 bits per heavy atom. The van der Waals surface area contributed by atoms with Crippen molar-refractivity contribution in [1.29, 1.82) is 0 Å². The van der Waals surface area contributed by atoms with Crippen LogP contribution in [0.5, 0.6) is 0 Å². The summed E-state index contributed by atoms with van der Waals surface area (Å²) in [5.74, 6) is 0. The smallest absolute Gasteiger partial charge is 0.0639 e. The summed E-state index contributed by atoms with van der Waals surface area (Å²) in [6, 6.07) is 0.0417. The van der Waals surface area contributed by atoms with E-state index in [4.69, 9.17) is 5.73 Å². The van der Waals surface area contributed by atoms with Crippen LogP contribution in [-0.4, -0.2) is 11.8 Å².